The molecule has 1 aromatic heterocycles. The SMILES string of the molecule is NC(=O)c1cc(-c2csc([C@@H]3COc4ccccc4O3)n2)ccc1OCc1ccccc1. The molecular formula is C25H20N2O4S. The number of hydrogen-bond acceptors (Lipinski definition) is 6. The first kappa shape index (κ1) is 20.1. The maximum atomic E-state index is 12.1. The summed E-state index contributed by atoms with van der Waals surface area (Å²) in [4.78, 5) is 16.8. The van der Waals surface area contributed by atoms with Gasteiger partial charge in [0.2, 0.25) is 0 Å². The molecule has 3 aromatic carbocycles. The lowest BCUT2D eigenvalue weighted by Crippen LogP contribution is -2.21. The molecule has 7 heteroatoms. The number of thiazole rings is 1. The van der Waals surface area contributed by atoms with Crippen molar-refractivity contribution in [2.24, 2.45) is 5.73 Å². The normalized spacial score (nSPS) is 14.7. The van der Waals surface area contributed by atoms with Crippen molar-refractivity contribution in [2.75, 3.05) is 6.61 Å². The maximum Gasteiger partial charge on any atom is 0.252 e. The highest BCUT2D eigenvalue weighted by Gasteiger charge is 2.25. The number of benzene rings is 3. The number of amides is 1. The van der Waals surface area contributed by atoms with E-state index in [9.17, 15) is 4.79 Å². The Hall–Kier alpha value is -3.84. The second kappa shape index (κ2) is 8.72. The third-order valence-corrected chi connectivity index (χ3v) is 6.02. The predicted octanol–water partition coefficient (Wildman–Crippen LogP) is 5.00. The highest BCUT2D eigenvalue weighted by Crippen LogP contribution is 2.38. The number of para-hydroxylation sites is 2. The van der Waals surface area contributed by atoms with Crippen molar-refractivity contribution in [1.82, 2.24) is 4.98 Å². The first-order chi connectivity index (χ1) is 15.7. The molecule has 160 valence electrons. The molecule has 0 saturated heterocycles. The van der Waals surface area contributed by atoms with E-state index < -0.39 is 5.91 Å². The van der Waals surface area contributed by atoms with Gasteiger partial charge in [-0.05, 0) is 35.9 Å². The van der Waals surface area contributed by atoms with Gasteiger partial charge in [0.1, 0.15) is 24.0 Å². The van der Waals surface area contributed by atoms with Crippen molar-refractivity contribution in [3.63, 3.8) is 0 Å². The van der Waals surface area contributed by atoms with Gasteiger partial charge in [0, 0.05) is 10.9 Å². The number of nitrogens with zero attached hydrogens (tertiary/aromatic N) is 1. The monoisotopic (exact) mass is 444 g/mol. The van der Waals surface area contributed by atoms with Gasteiger partial charge in [-0.25, -0.2) is 4.98 Å². The van der Waals surface area contributed by atoms with Crippen LogP contribution in [-0.4, -0.2) is 17.5 Å². The lowest BCUT2D eigenvalue weighted by molar-refractivity contribution is 0.0911. The van der Waals surface area contributed by atoms with Gasteiger partial charge in [-0.2, -0.15) is 0 Å². The first-order valence-corrected chi connectivity index (χ1v) is 11.0. The molecule has 0 saturated carbocycles. The summed E-state index contributed by atoms with van der Waals surface area (Å²) < 4.78 is 17.7. The molecule has 2 N–H and O–H groups in total. The van der Waals surface area contributed by atoms with Crippen molar-refractivity contribution in [1.29, 1.82) is 0 Å². The Morgan fingerprint density at radius 2 is 1.84 bits per heavy atom. The van der Waals surface area contributed by atoms with E-state index >= 15 is 0 Å². The molecule has 0 bridgehead atoms. The second-order valence-corrected chi connectivity index (χ2v) is 8.17. The van der Waals surface area contributed by atoms with E-state index in [1.54, 1.807) is 12.1 Å². The van der Waals surface area contributed by atoms with E-state index in [4.69, 9.17) is 24.9 Å². The van der Waals surface area contributed by atoms with E-state index in [1.165, 1.54) is 11.3 Å². The lowest BCUT2D eigenvalue weighted by Gasteiger charge is -2.24. The predicted molar refractivity (Wildman–Crippen MR) is 122 cm³/mol. The Morgan fingerprint density at radius 3 is 2.66 bits per heavy atom. The zero-order valence-electron chi connectivity index (χ0n) is 17.1. The quantitative estimate of drug-likeness (QED) is 0.452. The number of hydrogen-bond donors (Lipinski definition) is 1. The number of primary amides is 1. The molecule has 6 nitrogen and oxygen atoms in total. The fourth-order valence-electron chi connectivity index (χ4n) is 3.45. The molecule has 1 aliphatic rings. The number of rotatable bonds is 6. The van der Waals surface area contributed by atoms with Gasteiger partial charge in [0.25, 0.3) is 5.91 Å². The zero-order valence-corrected chi connectivity index (χ0v) is 17.9. The molecule has 0 unspecified atom stereocenters. The minimum Gasteiger partial charge on any atom is -0.488 e. The Labute approximate surface area is 189 Å². The van der Waals surface area contributed by atoms with Crippen LogP contribution >= 0.6 is 11.3 Å². The van der Waals surface area contributed by atoms with Crippen molar-refractivity contribution < 1.29 is 19.0 Å². The molecule has 4 aromatic rings. The highest BCUT2D eigenvalue weighted by molar-refractivity contribution is 7.10. The van der Waals surface area contributed by atoms with Crippen LogP contribution < -0.4 is 19.9 Å². The zero-order chi connectivity index (χ0) is 21.9. The molecule has 0 aliphatic carbocycles. The van der Waals surface area contributed by atoms with Gasteiger partial charge in [-0.15, -0.1) is 11.3 Å². The van der Waals surface area contributed by atoms with Crippen LogP contribution in [0.15, 0.2) is 78.2 Å². The molecule has 1 atom stereocenters. The van der Waals surface area contributed by atoms with E-state index in [0.29, 0.717) is 30.3 Å². The summed E-state index contributed by atoms with van der Waals surface area (Å²) in [5.41, 5.74) is 8.47. The Morgan fingerprint density at radius 1 is 1.06 bits per heavy atom. The standard InChI is InChI=1S/C25H20N2O4S/c26-24(28)18-12-17(10-11-20(18)29-13-16-6-2-1-3-7-16)19-15-32-25(27-19)23-14-30-21-8-4-5-9-22(21)31-23/h1-12,15,23H,13-14H2,(H2,26,28)/t23-/m0/s1. The molecule has 0 spiro atoms. The highest BCUT2D eigenvalue weighted by atomic mass is 32.1. The lowest BCUT2D eigenvalue weighted by atomic mass is 10.1. The molecule has 0 fully saturated rings. The number of nitrogens with two attached hydrogens (primary N) is 1. The summed E-state index contributed by atoms with van der Waals surface area (Å²) >= 11 is 1.49. The molecule has 5 rings (SSSR count). The Kier molecular flexibility index (Phi) is 5.47. The van der Waals surface area contributed by atoms with Crippen LogP contribution in [0.1, 0.15) is 27.0 Å². The van der Waals surface area contributed by atoms with Crippen LogP contribution in [0.5, 0.6) is 17.2 Å². The van der Waals surface area contributed by atoms with E-state index in [1.807, 2.05) is 66.0 Å². The minimum absolute atomic E-state index is 0.285. The third kappa shape index (κ3) is 4.15. The summed E-state index contributed by atoms with van der Waals surface area (Å²) in [6.45, 7) is 0.741. The van der Waals surface area contributed by atoms with Crippen molar-refractivity contribution in [3.05, 3.63) is 94.3 Å². The topological polar surface area (TPSA) is 83.7 Å². The van der Waals surface area contributed by atoms with Crippen molar-refractivity contribution in [3.8, 4) is 28.5 Å². The van der Waals surface area contributed by atoms with Crippen LogP contribution in [0.2, 0.25) is 0 Å². The number of ether oxygens (including phenoxy) is 3. The van der Waals surface area contributed by atoms with Crippen molar-refractivity contribution >= 4 is 17.2 Å². The van der Waals surface area contributed by atoms with Gasteiger partial charge in [0.05, 0.1) is 11.3 Å². The minimum atomic E-state index is -0.550. The van der Waals surface area contributed by atoms with Crippen LogP contribution in [0, 0.1) is 0 Å². The van der Waals surface area contributed by atoms with Crippen LogP contribution in [0.3, 0.4) is 0 Å². The number of aromatic nitrogens is 1. The molecule has 1 amide bonds. The third-order valence-electron chi connectivity index (χ3n) is 5.08. The first-order valence-electron chi connectivity index (χ1n) is 10.1. The Bertz CT molecular complexity index is 1260. The maximum absolute atomic E-state index is 12.1. The molecule has 1 aliphatic heterocycles. The van der Waals surface area contributed by atoms with E-state index in [2.05, 4.69) is 0 Å². The summed E-state index contributed by atoms with van der Waals surface area (Å²) in [7, 11) is 0. The van der Waals surface area contributed by atoms with Crippen molar-refractivity contribution in [2.45, 2.75) is 12.7 Å². The number of carbonyl (C=O) groups excluding carboxylic acids is 1. The molecule has 32 heavy (non-hydrogen) atoms. The smallest absolute Gasteiger partial charge is 0.252 e. The van der Waals surface area contributed by atoms with Crippen LogP contribution in [0.4, 0.5) is 0 Å². The van der Waals surface area contributed by atoms with Crippen LogP contribution in [0.25, 0.3) is 11.3 Å². The van der Waals surface area contributed by atoms with E-state index in [0.717, 1.165) is 27.6 Å². The average Bonchev–Trinajstić information content (AvgIpc) is 3.33. The van der Waals surface area contributed by atoms with Gasteiger partial charge < -0.3 is 19.9 Å². The second-order valence-electron chi connectivity index (χ2n) is 7.28. The van der Waals surface area contributed by atoms with Crippen LogP contribution in [-0.2, 0) is 6.61 Å². The van der Waals surface area contributed by atoms with Gasteiger partial charge in [-0.3, -0.25) is 4.79 Å². The summed E-state index contributed by atoms with van der Waals surface area (Å²) in [5.74, 6) is 1.33. The van der Waals surface area contributed by atoms with Gasteiger partial charge in [-0.1, -0.05) is 42.5 Å². The fourth-order valence-corrected chi connectivity index (χ4v) is 4.29. The molecule has 2 heterocycles. The summed E-state index contributed by atoms with van der Waals surface area (Å²) in [5, 5.41) is 2.74. The van der Waals surface area contributed by atoms with Gasteiger partial charge in [0.15, 0.2) is 17.6 Å². The molecule has 0 radical (unpaired) electrons. The Balaban J connectivity index is 1.36. The number of fused-ring (bicyclic) bond motifs is 1. The summed E-state index contributed by atoms with van der Waals surface area (Å²) in [6.07, 6.45) is -0.285. The molecular weight excluding hydrogens is 424 g/mol. The fraction of sp³-hybridized carbons (Fsp3) is 0.120. The summed E-state index contributed by atoms with van der Waals surface area (Å²) in [6, 6.07) is 22.7. The average molecular weight is 445 g/mol. The van der Waals surface area contributed by atoms with Gasteiger partial charge >= 0.3 is 0 Å². The number of carbonyl (C=O) groups is 1. The largest absolute Gasteiger partial charge is 0.488 e. The van der Waals surface area contributed by atoms with E-state index in [-0.39, 0.29) is 6.10 Å².